The van der Waals surface area contributed by atoms with Crippen LogP contribution in [0.1, 0.15) is 36.2 Å². The number of fused-ring (bicyclic) bond motifs is 1. The van der Waals surface area contributed by atoms with Gasteiger partial charge in [0.15, 0.2) is 5.69 Å². The molecule has 0 atom stereocenters. The van der Waals surface area contributed by atoms with Gasteiger partial charge < -0.3 is 10.4 Å². The molecule has 0 saturated heterocycles. The zero-order valence-corrected chi connectivity index (χ0v) is 11.2. The number of hydrogen-bond acceptors (Lipinski definition) is 4. The van der Waals surface area contributed by atoms with Crippen LogP contribution < -0.4 is 5.32 Å². The van der Waals surface area contributed by atoms with Gasteiger partial charge in [-0.2, -0.15) is 0 Å². The monoisotopic (exact) mass is 271 g/mol. The van der Waals surface area contributed by atoms with Crippen LogP contribution in [0.2, 0.25) is 0 Å². The van der Waals surface area contributed by atoms with Gasteiger partial charge in [0.25, 0.3) is 0 Å². The molecular formula is C15H17N3O2. The number of hydrogen-bond donors (Lipinski definition) is 2. The minimum atomic E-state index is -1.05. The van der Waals surface area contributed by atoms with Crippen molar-refractivity contribution in [3.63, 3.8) is 0 Å². The number of carboxylic acids is 1. The van der Waals surface area contributed by atoms with Crippen molar-refractivity contribution in [3.8, 4) is 0 Å². The third-order valence-electron chi connectivity index (χ3n) is 3.66. The molecule has 2 aromatic rings. The van der Waals surface area contributed by atoms with E-state index in [2.05, 4.69) is 15.5 Å². The van der Waals surface area contributed by atoms with Gasteiger partial charge >= 0.3 is 5.97 Å². The van der Waals surface area contributed by atoms with Gasteiger partial charge in [-0.05, 0) is 24.8 Å². The maximum atomic E-state index is 11.3. The molecule has 0 bridgehead atoms. The summed E-state index contributed by atoms with van der Waals surface area (Å²) in [4.78, 5) is 11.3. The topological polar surface area (TPSA) is 75.1 Å². The predicted molar refractivity (Wildman–Crippen MR) is 76.9 cm³/mol. The van der Waals surface area contributed by atoms with Crippen molar-refractivity contribution in [1.29, 1.82) is 0 Å². The molecule has 0 amide bonds. The molecule has 20 heavy (non-hydrogen) atoms. The van der Waals surface area contributed by atoms with Crippen LogP contribution in [0, 0.1) is 5.92 Å². The summed E-state index contributed by atoms with van der Waals surface area (Å²) >= 11 is 0. The van der Waals surface area contributed by atoms with Gasteiger partial charge in [0.05, 0.1) is 11.2 Å². The van der Waals surface area contributed by atoms with Crippen molar-refractivity contribution in [2.45, 2.75) is 25.7 Å². The Morgan fingerprint density at radius 2 is 2.10 bits per heavy atom. The smallest absolute Gasteiger partial charge is 0.358 e. The van der Waals surface area contributed by atoms with Crippen molar-refractivity contribution in [2.75, 3.05) is 11.9 Å². The molecule has 3 rings (SSSR count). The molecule has 1 aliphatic carbocycles. The molecule has 1 aliphatic rings. The Hall–Kier alpha value is -2.17. The highest BCUT2D eigenvalue weighted by atomic mass is 16.4. The summed E-state index contributed by atoms with van der Waals surface area (Å²) in [6.45, 7) is 0.770. The fourth-order valence-corrected chi connectivity index (χ4v) is 2.39. The Kier molecular flexibility index (Phi) is 3.50. The highest BCUT2D eigenvalue weighted by Gasteiger charge is 2.20. The summed E-state index contributed by atoms with van der Waals surface area (Å²) < 4.78 is 0. The van der Waals surface area contributed by atoms with Crippen molar-refractivity contribution >= 4 is 22.6 Å². The van der Waals surface area contributed by atoms with E-state index in [1.54, 1.807) is 0 Å². The highest BCUT2D eigenvalue weighted by molar-refractivity contribution is 6.02. The second-order valence-corrected chi connectivity index (χ2v) is 5.26. The normalized spacial score (nSPS) is 14.4. The Balaban J connectivity index is 1.84. The van der Waals surface area contributed by atoms with E-state index in [0.717, 1.165) is 24.3 Å². The lowest BCUT2D eigenvalue weighted by Gasteiger charge is -2.11. The highest BCUT2D eigenvalue weighted by Crippen LogP contribution is 2.33. The van der Waals surface area contributed by atoms with Gasteiger partial charge in [-0.3, -0.25) is 0 Å². The minimum absolute atomic E-state index is 0.00452. The van der Waals surface area contributed by atoms with Crippen LogP contribution >= 0.6 is 0 Å². The lowest BCUT2D eigenvalue weighted by atomic mass is 10.1. The Bertz CT molecular complexity index is 638. The average molecular weight is 271 g/mol. The first kappa shape index (κ1) is 12.8. The number of aromatic carboxylic acids is 1. The summed E-state index contributed by atoms with van der Waals surface area (Å²) in [6.07, 6.45) is 4.96. The largest absolute Gasteiger partial charge is 0.476 e. The molecule has 1 aromatic heterocycles. The van der Waals surface area contributed by atoms with Gasteiger partial charge in [0.1, 0.15) is 0 Å². The third-order valence-corrected chi connectivity index (χ3v) is 3.66. The van der Waals surface area contributed by atoms with E-state index < -0.39 is 5.97 Å². The predicted octanol–water partition coefficient (Wildman–Crippen LogP) is 2.93. The molecule has 0 radical (unpaired) electrons. The lowest BCUT2D eigenvalue weighted by Crippen LogP contribution is -2.11. The number of nitrogens with zero attached hydrogens (tertiary/aromatic N) is 2. The zero-order valence-electron chi connectivity index (χ0n) is 11.2. The van der Waals surface area contributed by atoms with E-state index in [9.17, 15) is 9.90 Å². The minimum Gasteiger partial charge on any atom is -0.476 e. The van der Waals surface area contributed by atoms with E-state index in [1.807, 2.05) is 24.3 Å². The van der Waals surface area contributed by atoms with E-state index >= 15 is 0 Å². The van der Waals surface area contributed by atoms with E-state index in [0.29, 0.717) is 11.2 Å². The van der Waals surface area contributed by atoms with Crippen molar-refractivity contribution in [1.82, 2.24) is 10.2 Å². The summed E-state index contributed by atoms with van der Waals surface area (Å²) in [5, 5.41) is 21.1. The molecule has 5 heteroatoms. The van der Waals surface area contributed by atoms with Crippen LogP contribution in [0.5, 0.6) is 0 Å². The van der Waals surface area contributed by atoms with E-state index in [4.69, 9.17) is 0 Å². The first-order chi connectivity index (χ1) is 9.75. The first-order valence-corrected chi connectivity index (χ1v) is 6.98. The Morgan fingerprint density at radius 1 is 1.30 bits per heavy atom. The van der Waals surface area contributed by atoms with Gasteiger partial charge in [0.2, 0.25) is 0 Å². The average Bonchev–Trinajstić information content (AvgIpc) is 3.27. The Morgan fingerprint density at radius 3 is 2.85 bits per heavy atom. The molecule has 1 fully saturated rings. The number of benzene rings is 1. The third kappa shape index (κ3) is 2.71. The number of carboxylic acid groups (broad SMARTS) is 1. The summed E-state index contributed by atoms with van der Waals surface area (Å²) in [5.41, 5.74) is 1.29. The maximum Gasteiger partial charge on any atom is 0.358 e. The van der Waals surface area contributed by atoms with Crippen molar-refractivity contribution in [2.24, 2.45) is 5.92 Å². The summed E-state index contributed by atoms with van der Waals surface area (Å²) in [5.74, 6) is -0.156. The van der Waals surface area contributed by atoms with Crippen LogP contribution in [0.3, 0.4) is 0 Å². The van der Waals surface area contributed by atoms with Crippen molar-refractivity contribution in [3.05, 3.63) is 30.0 Å². The second kappa shape index (κ2) is 5.45. The summed E-state index contributed by atoms with van der Waals surface area (Å²) in [6, 6.07) is 7.46. The zero-order chi connectivity index (χ0) is 13.9. The number of anilines is 1. The van der Waals surface area contributed by atoms with Crippen LogP contribution in [0.25, 0.3) is 10.9 Å². The van der Waals surface area contributed by atoms with E-state index in [1.165, 1.54) is 19.3 Å². The van der Waals surface area contributed by atoms with Crippen LogP contribution in [0.15, 0.2) is 24.3 Å². The quantitative estimate of drug-likeness (QED) is 0.790. The number of carbonyl (C=O) groups is 1. The molecule has 104 valence electrons. The molecule has 2 N–H and O–H groups in total. The molecule has 0 unspecified atom stereocenters. The fraction of sp³-hybridized carbons (Fsp3) is 0.400. The Labute approximate surface area is 117 Å². The van der Waals surface area contributed by atoms with Crippen LogP contribution in [-0.4, -0.2) is 27.8 Å². The molecule has 5 nitrogen and oxygen atoms in total. The molecular weight excluding hydrogens is 254 g/mol. The van der Waals surface area contributed by atoms with Crippen LogP contribution in [-0.2, 0) is 0 Å². The fourth-order valence-electron chi connectivity index (χ4n) is 2.39. The number of nitrogens with one attached hydrogen (secondary N) is 1. The number of aromatic nitrogens is 2. The van der Waals surface area contributed by atoms with Crippen molar-refractivity contribution < 1.29 is 9.90 Å². The maximum absolute atomic E-state index is 11.3. The molecule has 0 aliphatic heterocycles. The molecule has 1 aromatic carbocycles. The van der Waals surface area contributed by atoms with Gasteiger partial charge in [-0.1, -0.05) is 31.0 Å². The number of rotatable bonds is 6. The summed E-state index contributed by atoms with van der Waals surface area (Å²) in [7, 11) is 0. The lowest BCUT2D eigenvalue weighted by molar-refractivity contribution is 0.0690. The van der Waals surface area contributed by atoms with Gasteiger partial charge in [-0.15, -0.1) is 10.2 Å². The molecule has 1 heterocycles. The SMILES string of the molecule is O=C(O)c1nnc2ccccc2c1NCCCC1CC1. The van der Waals surface area contributed by atoms with E-state index in [-0.39, 0.29) is 5.69 Å². The second-order valence-electron chi connectivity index (χ2n) is 5.26. The van der Waals surface area contributed by atoms with Crippen LogP contribution in [0.4, 0.5) is 5.69 Å². The first-order valence-electron chi connectivity index (χ1n) is 6.98. The molecule has 0 spiro atoms. The standard InChI is InChI=1S/C15H17N3O2/c19-15(20)14-13(16-9-3-4-10-7-8-10)11-5-1-2-6-12(11)17-18-14/h1-2,5-6,10H,3-4,7-9H2,(H,16,17)(H,19,20). The molecule has 1 saturated carbocycles. The van der Waals surface area contributed by atoms with Gasteiger partial charge in [-0.25, -0.2) is 4.79 Å². The van der Waals surface area contributed by atoms with Gasteiger partial charge in [0, 0.05) is 11.9 Å².